The molecular weight excluding hydrogens is 368 g/mol. The molecular formula is C23H32N2O4. The van der Waals surface area contributed by atoms with Gasteiger partial charge in [-0.1, -0.05) is 24.3 Å². The van der Waals surface area contributed by atoms with Gasteiger partial charge in [-0.05, 0) is 56.2 Å². The van der Waals surface area contributed by atoms with Crippen LogP contribution in [-0.4, -0.2) is 43.9 Å². The molecule has 0 aliphatic heterocycles. The molecule has 1 N–H and O–H groups in total. The minimum atomic E-state index is -0.504. The van der Waals surface area contributed by atoms with Crippen LogP contribution in [0.2, 0.25) is 0 Å². The lowest BCUT2D eigenvalue weighted by atomic mass is 10.1. The number of alkyl carbamates (subject to hydrolysis) is 1. The van der Waals surface area contributed by atoms with Crippen molar-refractivity contribution in [2.45, 2.75) is 39.5 Å². The van der Waals surface area contributed by atoms with E-state index in [4.69, 9.17) is 14.2 Å². The number of carbonyl (C=O) groups excluding carboxylic acids is 1. The smallest absolute Gasteiger partial charge is 0.407 e. The van der Waals surface area contributed by atoms with Crippen LogP contribution in [0.3, 0.4) is 0 Å². The fourth-order valence-electron chi connectivity index (χ4n) is 2.82. The lowest BCUT2D eigenvalue weighted by Gasteiger charge is -2.24. The number of hydrogen-bond donors (Lipinski definition) is 1. The van der Waals surface area contributed by atoms with E-state index in [1.54, 1.807) is 14.2 Å². The molecule has 0 saturated heterocycles. The Morgan fingerprint density at radius 2 is 1.31 bits per heavy atom. The summed E-state index contributed by atoms with van der Waals surface area (Å²) in [6.07, 6.45) is -0.397. The van der Waals surface area contributed by atoms with Gasteiger partial charge in [-0.25, -0.2) is 4.79 Å². The maximum Gasteiger partial charge on any atom is 0.407 e. The van der Waals surface area contributed by atoms with Gasteiger partial charge in [0, 0.05) is 26.2 Å². The number of amides is 1. The van der Waals surface area contributed by atoms with Crippen molar-refractivity contribution in [3.63, 3.8) is 0 Å². The summed E-state index contributed by atoms with van der Waals surface area (Å²) < 4.78 is 15.8. The molecule has 158 valence electrons. The number of hydrogen-bond acceptors (Lipinski definition) is 5. The standard InChI is InChI=1S/C23H32N2O4/c1-23(2,3)29-22(26)24-14-15-25(16-18-6-10-20(27-4)11-7-18)17-19-8-12-21(28-5)13-9-19/h6-13H,14-17H2,1-5H3,(H,24,26). The van der Waals surface area contributed by atoms with Crippen molar-refractivity contribution in [2.75, 3.05) is 27.3 Å². The molecule has 0 unspecified atom stereocenters. The monoisotopic (exact) mass is 400 g/mol. The van der Waals surface area contributed by atoms with E-state index in [0.29, 0.717) is 13.1 Å². The van der Waals surface area contributed by atoms with Gasteiger partial charge in [-0.15, -0.1) is 0 Å². The minimum absolute atomic E-state index is 0.397. The van der Waals surface area contributed by atoms with Gasteiger partial charge in [0.25, 0.3) is 0 Å². The first-order valence-corrected chi connectivity index (χ1v) is 9.74. The zero-order valence-corrected chi connectivity index (χ0v) is 18.0. The summed E-state index contributed by atoms with van der Waals surface area (Å²) in [4.78, 5) is 14.2. The Balaban J connectivity index is 1.99. The van der Waals surface area contributed by atoms with Gasteiger partial charge in [-0.3, -0.25) is 4.90 Å². The van der Waals surface area contributed by atoms with Gasteiger partial charge < -0.3 is 19.5 Å². The predicted octanol–water partition coefficient (Wildman–Crippen LogP) is 4.23. The van der Waals surface area contributed by atoms with Crippen LogP contribution in [0.25, 0.3) is 0 Å². The number of nitrogens with zero attached hydrogens (tertiary/aromatic N) is 1. The molecule has 2 rings (SSSR count). The second-order valence-corrected chi connectivity index (χ2v) is 7.84. The van der Waals surface area contributed by atoms with E-state index in [0.717, 1.165) is 24.6 Å². The van der Waals surface area contributed by atoms with Crippen LogP contribution < -0.4 is 14.8 Å². The van der Waals surface area contributed by atoms with E-state index in [1.165, 1.54) is 11.1 Å². The van der Waals surface area contributed by atoms with Crippen molar-refractivity contribution in [1.82, 2.24) is 10.2 Å². The molecule has 0 aromatic heterocycles. The molecule has 2 aromatic carbocycles. The number of methoxy groups -OCH3 is 2. The third-order valence-electron chi connectivity index (χ3n) is 4.23. The Morgan fingerprint density at radius 3 is 1.69 bits per heavy atom. The highest BCUT2D eigenvalue weighted by Gasteiger charge is 2.16. The first kappa shape index (κ1) is 22.6. The molecule has 0 bridgehead atoms. The average Bonchev–Trinajstić information content (AvgIpc) is 2.67. The third-order valence-corrected chi connectivity index (χ3v) is 4.23. The van der Waals surface area contributed by atoms with Gasteiger partial charge in [0.15, 0.2) is 0 Å². The number of ether oxygens (including phenoxy) is 3. The molecule has 6 nitrogen and oxygen atoms in total. The van der Waals surface area contributed by atoms with Crippen LogP contribution in [0.5, 0.6) is 11.5 Å². The molecule has 0 spiro atoms. The van der Waals surface area contributed by atoms with Crippen molar-refractivity contribution in [2.24, 2.45) is 0 Å². The highest BCUT2D eigenvalue weighted by molar-refractivity contribution is 5.67. The molecule has 0 fully saturated rings. The van der Waals surface area contributed by atoms with Crippen molar-refractivity contribution in [3.8, 4) is 11.5 Å². The lowest BCUT2D eigenvalue weighted by molar-refractivity contribution is 0.0521. The quantitative estimate of drug-likeness (QED) is 0.683. The molecule has 0 saturated carbocycles. The summed E-state index contributed by atoms with van der Waals surface area (Å²) in [5.74, 6) is 1.67. The fourth-order valence-corrected chi connectivity index (χ4v) is 2.82. The fraction of sp³-hybridized carbons (Fsp3) is 0.435. The van der Waals surface area contributed by atoms with Crippen LogP contribution >= 0.6 is 0 Å². The Morgan fingerprint density at radius 1 is 0.862 bits per heavy atom. The molecule has 1 amide bonds. The second kappa shape index (κ2) is 10.7. The van der Waals surface area contributed by atoms with Crippen molar-refractivity contribution >= 4 is 6.09 Å². The summed E-state index contributed by atoms with van der Waals surface area (Å²) in [7, 11) is 3.32. The summed E-state index contributed by atoms with van der Waals surface area (Å²) in [5.41, 5.74) is 1.85. The van der Waals surface area contributed by atoms with Gasteiger partial charge >= 0.3 is 6.09 Å². The van der Waals surface area contributed by atoms with Crippen molar-refractivity contribution < 1.29 is 19.0 Å². The molecule has 2 aromatic rings. The predicted molar refractivity (Wildman–Crippen MR) is 114 cm³/mol. The van der Waals surface area contributed by atoms with Crippen LogP contribution in [0.15, 0.2) is 48.5 Å². The average molecular weight is 401 g/mol. The lowest BCUT2D eigenvalue weighted by Crippen LogP contribution is -2.37. The molecule has 0 aliphatic rings. The number of benzene rings is 2. The Bertz CT molecular complexity index is 702. The van der Waals surface area contributed by atoms with E-state index < -0.39 is 11.7 Å². The van der Waals surface area contributed by atoms with E-state index in [-0.39, 0.29) is 0 Å². The molecule has 29 heavy (non-hydrogen) atoms. The molecule has 0 heterocycles. The second-order valence-electron chi connectivity index (χ2n) is 7.84. The number of carbonyl (C=O) groups is 1. The summed E-state index contributed by atoms with van der Waals surface area (Å²) in [5, 5.41) is 2.83. The molecule has 6 heteroatoms. The Kier molecular flexibility index (Phi) is 8.34. The Hall–Kier alpha value is -2.73. The highest BCUT2D eigenvalue weighted by atomic mass is 16.6. The van der Waals surface area contributed by atoms with E-state index in [1.807, 2.05) is 45.0 Å². The normalized spacial score (nSPS) is 11.2. The summed E-state index contributed by atoms with van der Waals surface area (Å²) >= 11 is 0. The number of nitrogens with one attached hydrogen (secondary N) is 1. The summed E-state index contributed by atoms with van der Waals surface area (Å²) in [6, 6.07) is 16.1. The molecule has 0 radical (unpaired) electrons. The maximum absolute atomic E-state index is 11.9. The van der Waals surface area contributed by atoms with E-state index in [2.05, 4.69) is 34.5 Å². The van der Waals surface area contributed by atoms with Gasteiger partial charge in [0.05, 0.1) is 14.2 Å². The minimum Gasteiger partial charge on any atom is -0.497 e. The van der Waals surface area contributed by atoms with Crippen LogP contribution in [-0.2, 0) is 17.8 Å². The van der Waals surface area contributed by atoms with Gasteiger partial charge in [0.1, 0.15) is 17.1 Å². The largest absolute Gasteiger partial charge is 0.497 e. The topological polar surface area (TPSA) is 60.0 Å². The maximum atomic E-state index is 11.9. The first-order valence-electron chi connectivity index (χ1n) is 9.74. The van der Waals surface area contributed by atoms with Gasteiger partial charge in [-0.2, -0.15) is 0 Å². The van der Waals surface area contributed by atoms with E-state index >= 15 is 0 Å². The third kappa shape index (κ3) is 8.44. The van der Waals surface area contributed by atoms with Gasteiger partial charge in [0.2, 0.25) is 0 Å². The highest BCUT2D eigenvalue weighted by Crippen LogP contribution is 2.16. The van der Waals surface area contributed by atoms with Crippen LogP contribution in [0.4, 0.5) is 4.79 Å². The van der Waals surface area contributed by atoms with E-state index in [9.17, 15) is 4.79 Å². The first-order chi connectivity index (χ1) is 13.8. The summed E-state index contributed by atoms with van der Waals surface area (Å²) in [6.45, 7) is 8.27. The Labute approximate surface area is 173 Å². The van der Waals surface area contributed by atoms with Crippen LogP contribution in [0.1, 0.15) is 31.9 Å². The molecule has 0 aliphatic carbocycles. The number of rotatable bonds is 9. The van der Waals surface area contributed by atoms with Crippen molar-refractivity contribution in [1.29, 1.82) is 0 Å². The molecule has 0 atom stereocenters. The zero-order chi connectivity index (χ0) is 21.3. The van der Waals surface area contributed by atoms with Crippen molar-refractivity contribution in [3.05, 3.63) is 59.7 Å². The SMILES string of the molecule is COc1ccc(CN(CCNC(=O)OC(C)(C)C)Cc2ccc(OC)cc2)cc1. The van der Waals surface area contributed by atoms with Crippen LogP contribution in [0, 0.1) is 0 Å². The zero-order valence-electron chi connectivity index (χ0n) is 18.0.